The lowest BCUT2D eigenvalue weighted by Gasteiger charge is -2.21. The van der Waals surface area contributed by atoms with E-state index in [2.05, 4.69) is 19.2 Å². The Labute approximate surface area is 145 Å². The zero-order valence-electron chi connectivity index (χ0n) is 15.8. The van der Waals surface area contributed by atoms with Gasteiger partial charge in [0, 0.05) is 12.0 Å². The molecular formula is C19H32N2O3. The van der Waals surface area contributed by atoms with E-state index in [1.54, 1.807) is 7.11 Å². The van der Waals surface area contributed by atoms with Gasteiger partial charge in [0.15, 0.2) is 11.5 Å². The second-order valence-corrected chi connectivity index (χ2v) is 6.82. The van der Waals surface area contributed by atoms with E-state index in [1.165, 1.54) is 0 Å². The van der Waals surface area contributed by atoms with E-state index in [-0.39, 0.29) is 23.9 Å². The molecule has 3 unspecified atom stereocenters. The van der Waals surface area contributed by atoms with E-state index >= 15 is 0 Å². The molecule has 0 aromatic heterocycles. The molecule has 3 atom stereocenters. The second-order valence-electron chi connectivity index (χ2n) is 6.82. The van der Waals surface area contributed by atoms with Crippen LogP contribution in [0.15, 0.2) is 18.2 Å². The van der Waals surface area contributed by atoms with Gasteiger partial charge in [-0.2, -0.15) is 0 Å². The molecule has 0 radical (unpaired) electrons. The van der Waals surface area contributed by atoms with Crippen molar-refractivity contribution in [2.45, 2.75) is 53.1 Å². The molecule has 5 heteroatoms. The van der Waals surface area contributed by atoms with Gasteiger partial charge in [0.25, 0.3) is 0 Å². The number of nitrogens with one attached hydrogen (secondary N) is 1. The number of hydrogen-bond donors (Lipinski definition) is 2. The fourth-order valence-corrected chi connectivity index (χ4v) is 2.14. The average Bonchev–Trinajstić information content (AvgIpc) is 2.53. The van der Waals surface area contributed by atoms with Crippen LogP contribution in [-0.2, 0) is 4.79 Å². The number of methoxy groups -OCH3 is 1. The van der Waals surface area contributed by atoms with Gasteiger partial charge in [0.05, 0.1) is 19.8 Å². The van der Waals surface area contributed by atoms with Crippen molar-refractivity contribution in [1.82, 2.24) is 5.32 Å². The van der Waals surface area contributed by atoms with E-state index in [0.29, 0.717) is 18.3 Å². The van der Waals surface area contributed by atoms with Gasteiger partial charge in [-0.25, -0.2) is 0 Å². The van der Waals surface area contributed by atoms with Crippen molar-refractivity contribution in [2.75, 3.05) is 13.7 Å². The zero-order chi connectivity index (χ0) is 18.3. The molecule has 0 aliphatic carbocycles. The highest BCUT2D eigenvalue weighted by atomic mass is 16.5. The van der Waals surface area contributed by atoms with Gasteiger partial charge in [-0.15, -0.1) is 0 Å². The maximum Gasteiger partial charge on any atom is 0.224 e. The summed E-state index contributed by atoms with van der Waals surface area (Å²) >= 11 is 0. The standard InChI is InChI=1S/C19H32N2O3/c1-12(2)9-10-24-17-8-7-16(11-18(17)23-6)15(5)21-19(22)13(3)14(4)20/h7-8,11-15H,9-10,20H2,1-6H3,(H,21,22). The summed E-state index contributed by atoms with van der Waals surface area (Å²) in [7, 11) is 1.62. The molecule has 3 N–H and O–H groups in total. The first-order chi connectivity index (χ1) is 11.3. The van der Waals surface area contributed by atoms with Crippen molar-refractivity contribution in [2.24, 2.45) is 17.6 Å². The van der Waals surface area contributed by atoms with Crippen LogP contribution in [0.1, 0.15) is 52.6 Å². The molecule has 24 heavy (non-hydrogen) atoms. The lowest BCUT2D eigenvalue weighted by molar-refractivity contribution is -0.125. The smallest absolute Gasteiger partial charge is 0.224 e. The number of carbonyl (C=O) groups is 1. The van der Waals surface area contributed by atoms with Gasteiger partial charge < -0.3 is 20.5 Å². The Morgan fingerprint density at radius 2 is 1.83 bits per heavy atom. The van der Waals surface area contributed by atoms with Crippen LogP contribution in [0.3, 0.4) is 0 Å². The molecule has 0 saturated heterocycles. The van der Waals surface area contributed by atoms with Crippen LogP contribution >= 0.6 is 0 Å². The number of hydrogen-bond acceptors (Lipinski definition) is 4. The third kappa shape index (κ3) is 6.04. The van der Waals surface area contributed by atoms with Crippen LogP contribution in [0.5, 0.6) is 11.5 Å². The summed E-state index contributed by atoms with van der Waals surface area (Å²) in [4.78, 5) is 12.1. The maximum atomic E-state index is 12.1. The van der Waals surface area contributed by atoms with Gasteiger partial charge in [0.2, 0.25) is 5.91 Å². The van der Waals surface area contributed by atoms with Crippen molar-refractivity contribution < 1.29 is 14.3 Å². The van der Waals surface area contributed by atoms with E-state index < -0.39 is 0 Å². The molecule has 1 amide bonds. The quantitative estimate of drug-likeness (QED) is 0.726. The summed E-state index contributed by atoms with van der Waals surface area (Å²) in [5.74, 6) is 1.72. The van der Waals surface area contributed by atoms with Gasteiger partial charge in [0.1, 0.15) is 0 Å². The first-order valence-electron chi connectivity index (χ1n) is 8.63. The highest BCUT2D eigenvalue weighted by Crippen LogP contribution is 2.30. The molecule has 0 heterocycles. The number of amides is 1. The maximum absolute atomic E-state index is 12.1. The fraction of sp³-hybridized carbons (Fsp3) is 0.632. The third-order valence-corrected chi connectivity index (χ3v) is 4.20. The van der Waals surface area contributed by atoms with Crippen LogP contribution in [0, 0.1) is 11.8 Å². The van der Waals surface area contributed by atoms with Crippen molar-refractivity contribution in [1.29, 1.82) is 0 Å². The highest BCUT2D eigenvalue weighted by molar-refractivity contribution is 5.79. The molecule has 0 fully saturated rings. The van der Waals surface area contributed by atoms with E-state index in [0.717, 1.165) is 17.7 Å². The lowest BCUT2D eigenvalue weighted by atomic mass is 10.0. The first kappa shape index (κ1) is 20.3. The minimum atomic E-state index is -0.229. The monoisotopic (exact) mass is 336 g/mol. The van der Waals surface area contributed by atoms with Crippen LogP contribution in [-0.4, -0.2) is 25.7 Å². The predicted octanol–water partition coefficient (Wildman–Crippen LogP) is 3.28. The summed E-state index contributed by atoms with van der Waals surface area (Å²) in [6.07, 6.45) is 0.993. The fourth-order valence-electron chi connectivity index (χ4n) is 2.14. The summed E-state index contributed by atoms with van der Waals surface area (Å²) in [5, 5.41) is 2.99. The van der Waals surface area contributed by atoms with Crippen molar-refractivity contribution >= 4 is 5.91 Å². The average molecular weight is 336 g/mol. The number of nitrogens with two attached hydrogens (primary N) is 1. The molecule has 0 aliphatic rings. The lowest BCUT2D eigenvalue weighted by Crippen LogP contribution is -2.39. The predicted molar refractivity (Wildman–Crippen MR) is 97.3 cm³/mol. The van der Waals surface area contributed by atoms with Gasteiger partial charge in [-0.05, 0) is 43.9 Å². The Kier molecular flexibility index (Phi) is 8.05. The molecule has 1 aromatic carbocycles. The number of rotatable bonds is 9. The minimum Gasteiger partial charge on any atom is -0.493 e. The van der Waals surface area contributed by atoms with Crippen LogP contribution in [0.25, 0.3) is 0 Å². The SMILES string of the molecule is COc1cc(C(C)NC(=O)C(C)C(C)N)ccc1OCCC(C)C. The number of carbonyl (C=O) groups excluding carboxylic acids is 1. The number of benzene rings is 1. The third-order valence-electron chi connectivity index (χ3n) is 4.20. The first-order valence-corrected chi connectivity index (χ1v) is 8.63. The van der Waals surface area contributed by atoms with E-state index in [1.807, 2.05) is 39.0 Å². The molecule has 1 aromatic rings. The molecule has 5 nitrogen and oxygen atoms in total. The second kappa shape index (κ2) is 9.52. The minimum absolute atomic E-state index is 0.0475. The Bertz CT molecular complexity index is 529. The normalized spacial score (nSPS) is 14.8. The molecule has 0 saturated carbocycles. The van der Waals surface area contributed by atoms with Crippen molar-refractivity contribution in [3.63, 3.8) is 0 Å². The Balaban J connectivity index is 2.76. The highest BCUT2D eigenvalue weighted by Gasteiger charge is 2.20. The Hall–Kier alpha value is -1.75. The topological polar surface area (TPSA) is 73.6 Å². The van der Waals surface area contributed by atoms with Crippen molar-refractivity contribution in [3.05, 3.63) is 23.8 Å². The summed E-state index contributed by atoms with van der Waals surface area (Å²) in [6, 6.07) is 5.45. The molecular weight excluding hydrogens is 304 g/mol. The largest absolute Gasteiger partial charge is 0.493 e. The summed E-state index contributed by atoms with van der Waals surface area (Å²) in [5.41, 5.74) is 6.75. The van der Waals surface area contributed by atoms with Crippen LogP contribution in [0.2, 0.25) is 0 Å². The zero-order valence-corrected chi connectivity index (χ0v) is 15.8. The van der Waals surface area contributed by atoms with Gasteiger partial charge >= 0.3 is 0 Å². The van der Waals surface area contributed by atoms with Crippen LogP contribution < -0.4 is 20.5 Å². The van der Waals surface area contributed by atoms with Gasteiger partial charge in [-0.1, -0.05) is 26.8 Å². The van der Waals surface area contributed by atoms with Crippen molar-refractivity contribution in [3.8, 4) is 11.5 Å². The molecule has 0 spiro atoms. The molecule has 1 rings (SSSR count). The van der Waals surface area contributed by atoms with E-state index in [9.17, 15) is 4.79 Å². The van der Waals surface area contributed by atoms with E-state index in [4.69, 9.17) is 15.2 Å². The summed E-state index contributed by atoms with van der Waals surface area (Å²) < 4.78 is 11.2. The Morgan fingerprint density at radius 1 is 1.17 bits per heavy atom. The molecule has 136 valence electrons. The number of ether oxygens (including phenoxy) is 2. The van der Waals surface area contributed by atoms with Gasteiger partial charge in [-0.3, -0.25) is 4.79 Å². The summed E-state index contributed by atoms with van der Waals surface area (Å²) in [6.45, 7) is 10.6. The Morgan fingerprint density at radius 3 is 2.38 bits per heavy atom. The van der Waals surface area contributed by atoms with Crippen LogP contribution in [0.4, 0.5) is 0 Å². The molecule has 0 aliphatic heterocycles. The molecule has 0 bridgehead atoms.